The fourth-order valence-electron chi connectivity index (χ4n) is 4.00. The first-order valence-corrected chi connectivity index (χ1v) is 9.71. The van der Waals surface area contributed by atoms with Crippen LogP contribution in [-0.2, 0) is 14.9 Å². The van der Waals surface area contributed by atoms with E-state index in [1.807, 2.05) is 69.4 Å². The van der Waals surface area contributed by atoms with Crippen LogP contribution >= 0.6 is 0 Å². The summed E-state index contributed by atoms with van der Waals surface area (Å²) in [6, 6.07) is 15.9. The maximum atomic E-state index is 13.6. The minimum absolute atomic E-state index is 0.348. The van der Waals surface area contributed by atoms with Crippen LogP contribution in [0.1, 0.15) is 31.9 Å². The Hall–Kier alpha value is -3.11. The zero-order valence-corrected chi connectivity index (χ0v) is 17.1. The zero-order valence-electron chi connectivity index (χ0n) is 17.1. The smallest absolute Gasteiger partial charge is 0.326 e. The molecule has 1 aliphatic carbocycles. The topological polar surface area (TPSA) is 49.8 Å². The third-order valence-electron chi connectivity index (χ3n) is 5.85. The third-order valence-corrected chi connectivity index (χ3v) is 5.85. The van der Waals surface area contributed by atoms with Crippen molar-refractivity contribution in [2.45, 2.75) is 31.8 Å². The number of para-hydroxylation sites is 2. The molecule has 0 spiro atoms. The molecule has 1 unspecified atom stereocenters. The SMILES string of the molecule is CC1=C(OC(=O)C2(C)c3ccccc3N(C)c3ccccc32)C=CC(C)(O)C=C1. The minimum atomic E-state index is -1.08. The summed E-state index contributed by atoms with van der Waals surface area (Å²) >= 11 is 0. The maximum Gasteiger partial charge on any atom is 0.326 e. The van der Waals surface area contributed by atoms with Gasteiger partial charge >= 0.3 is 5.97 Å². The van der Waals surface area contributed by atoms with Crippen LogP contribution in [0, 0.1) is 0 Å². The molecule has 0 aromatic heterocycles. The Morgan fingerprint density at radius 3 is 2.03 bits per heavy atom. The van der Waals surface area contributed by atoms with Gasteiger partial charge in [0.25, 0.3) is 0 Å². The fraction of sp³-hybridized carbons (Fsp3) is 0.240. The number of fused-ring (bicyclic) bond motifs is 2. The Labute approximate surface area is 171 Å². The number of carbonyl (C=O) groups excluding carboxylic acids is 1. The molecule has 1 N–H and O–H groups in total. The molecule has 4 rings (SSSR count). The van der Waals surface area contributed by atoms with Crippen molar-refractivity contribution in [3.05, 3.63) is 95.3 Å². The van der Waals surface area contributed by atoms with Crippen LogP contribution in [0.5, 0.6) is 0 Å². The molecule has 0 saturated carbocycles. The van der Waals surface area contributed by atoms with Crippen molar-refractivity contribution in [3.8, 4) is 0 Å². The second-order valence-electron chi connectivity index (χ2n) is 8.05. The monoisotopic (exact) mass is 387 g/mol. The lowest BCUT2D eigenvalue weighted by Crippen LogP contribution is -2.41. The lowest BCUT2D eigenvalue weighted by molar-refractivity contribution is -0.143. The van der Waals surface area contributed by atoms with Gasteiger partial charge in [0.15, 0.2) is 0 Å². The standard InChI is InChI=1S/C25H25NO3/c1-17-13-15-24(2,28)16-14-22(17)29-23(27)25(3)18-9-5-7-11-20(18)26(4)21-12-8-6-10-19(21)25/h5-16,28H,1-4H3. The van der Waals surface area contributed by atoms with Crippen LogP contribution < -0.4 is 4.90 Å². The molecule has 1 aliphatic heterocycles. The molecule has 2 aromatic rings. The number of esters is 1. The van der Waals surface area contributed by atoms with E-state index in [4.69, 9.17) is 4.74 Å². The summed E-state index contributed by atoms with van der Waals surface area (Å²) in [5, 5.41) is 10.3. The van der Waals surface area contributed by atoms with Gasteiger partial charge < -0.3 is 14.7 Å². The van der Waals surface area contributed by atoms with Gasteiger partial charge in [0.1, 0.15) is 11.2 Å². The molecule has 29 heavy (non-hydrogen) atoms. The summed E-state index contributed by atoms with van der Waals surface area (Å²) < 4.78 is 5.94. The Bertz CT molecular complexity index is 1030. The third kappa shape index (κ3) is 3.10. The van der Waals surface area contributed by atoms with Crippen molar-refractivity contribution in [1.29, 1.82) is 0 Å². The average molecular weight is 387 g/mol. The van der Waals surface area contributed by atoms with Crippen LogP contribution in [0.2, 0.25) is 0 Å². The van der Waals surface area contributed by atoms with Gasteiger partial charge in [-0.05, 0) is 67.8 Å². The molecule has 0 amide bonds. The lowest BCUT2D eigenvalue weighted by Gasteiger charge is -2.40. The van der Waals surface area contributed by atoms with E-state index in [0.29, 0.717) is 5.76 Å². The summed E-state index contributed by atoms with van der Waals surface area (Å²) in [6.45, 7) is 5.47. The van der Waals surface area contributed by atoms with Crippen LogP contribution in [0.25, 0.3) is 0 Å². The van der Waals surface area contributed by atoms with Gasteiger partial charge in [-0.15, -0.1) is 0 Å². The van der Waals surface area contributed by atoms with Crippen molar-refractivity contribution in [2.75, 3.05) is 11.9 Å². The number of hydrogen-bond donors (Lipinski definition) is 1. The van der Waals surface area contributed by atoms with Crippen molar-refractivity contribution < 1.29 is 14.6 Å². The number of carbonyl (C=O) groups is 1. The van der Waals surface area contributed by atoms with Crippen LogP contribution in [0.4, 0.5) is 11.4 Å². The van der Waals surface area contributed by atoms with E-state index in [1.54, 1.807) is 31.2 Å². The number of hydrogen-bond acceptors (Lipinski definition) is 4. The highest BCUT2D eigenvalue weighted by molar-refractivity contribution is 5.95. The first-order valence-electron chi connectivity index (χ1n) is 9.71. The molecular weight excluding hydrogens is 362 g/mol. The van der Waals surface area contributed by atoms with Gasteiger partial charge in [-0.1, -0.05) is 42.5 Å². The fourth-order valence-corrected chi connectivity index (χ4v) is 4.00. The number of aliphatic hydroxyl groups is 1. The molecule has 2 aliphatic rings. The lowest BCUT2D eigenvalue weighted by atomic mass is 9.72. The Balaban J connectivity index is 1.82. The largest absolute Gasteiger partial charge is 0.425 e. The first kappa shape index (κ1) is 19.2. The van der Waals surface area contributed by atoms with Crippen molar-refractivity contribution in [2.24, 2.45) is 0 Å². The molecule has 0 bridgehead atoms. The molecule has 1 heterocycles. The molecule has 148 valence electrons. The first-order chi connectivity index (χ1) is 13.7. The Morgan fingerprint density at radius 1 is 0.931 bits per heavy atom. The number of ether oxygens (including phenoxy) is 1. The second-order valence-corrected chi connectivity index (χ2v) is 8.05. The van der Waals surface area contributed by atoms with Crippen molar-refractivity contribution in [1.82, 2.24) is 0 Å². The summed E-state index contributed by atoms with van der Waals surface area (Å²) in [6.07, 6.45) is 6.76. The van der Waals surface area contributed by atoms with E-state index in [0.717, 1.165) is 28.1 Å². The molecule has 2 aromatic carbocycles. The van der Waals surface area contributed by atoms with Gasteiger partial charge in [-0.25, -0.2) is 0 Å². The zero-order chi connectivity index (χ0) is 20.8. The molecule has 4 nitrogen and oxygen atoms in total. The molecule has 0 fully saturated rings. The van der Waals surface area contributed by atoms with E-state index in [9.17, 15) is 9.90 Å². The van der Waals surface area contributed by atoms with Crippen LogP contribution in [0.15, 0.2) is 84.2 Å². The second kappa shape index (κ2) is 6.75. The summed E-state index contributed by atoms with van der Waals surface area (Å²) in [5.41, 5.74) is 2.52. The highest BCUT2D eigenvalue weighted by Gasteiger charge is 2.46. The van der Waals surface area contributed by atoms with Crippen LogP contribution in [-0.4, -0.2) is 23.7 Å². The van der Waals surface area contributed by atoms with E-state index < -0.39 is 11.0 Å². The molecule has 4 heteroatoms. The van der Waals surface area contributed by atoms with E-state index >= 15 is 0 Å². The predicted molar refractivity (Wildman–Crippen MR) is 115 cm³/mol. The van der Waals surface area contributed by atoms with E-state index in [2.05, 4.69) is 4.90 Å². The molecule has 0 saturated heterocycles. The maximum absolute atomic E-state index is 13.6. The van der Waals surface area contributed by atoms with E-state index in [-0.39, 0.29) is 5.97 Å². The number of benzene rings is 2. The summed E-state index contributed by atoms with van der Waals surface area (Å²) in [4.78, 5) is 15.8. The van der Waals surface area contributed by atoms with Gasteiger partial charge in [0, 0.05) is 18.4 Å². The number of nitrogens with zero attached hydrogens (tertiary/aromatic N) is 1. The highest BCUT2D eigenvalue weighted by Crippen LogP contribution is 2.49. The number of allylic oxidation sites excluding steroid dienone is 3. The summed E-state index contributed by atoms with van der Waals surface area (Å²) in [7, 11) is 2.01. The van der Waals surface area contributed by atoms with Crippen LogP contribution in [0.3, 0.4) is 0 Å². The number of rotatable bonds is 2. The highest BCUT2D eigenvalue weighted by atomic mass is 16.5. The van der Waals surface area contributed by atoms with E-state index in [1.165, 1.54) is 0 Å². The van der Waals surface area contributed by atoms with Gasteiger partial charge in [-0.2, -0.15) is 0 Å². The Kier molecular flexibility index (Phi) is 4.47. The number of anilines is 2. The quantitative estimate of drug-likeness (QED) is 0.755. The molecule has 1 atom stereocenters. The van der Waals surface area contributed by atoms with Gasteiger partial charge in [0.05, 0.1) is 5.60 Å². The van der Waals surface area contributed by atoms with Gasteiger partial charge in [-0.3, -0.25) is 4.79 Å². The molecular formula is C25H25NO3. The normalized spacial score (nSPS) is 22.0. The molecule has 0 radical (unpaired) electrons. The predicted octanol–water partition coefficient (Wildman–Crippen LogP) is 4.77. The van der Waals surface area contributed by atoms with Crippen molar-refractivity contribution >= 4 is 17.3 Å². The average Bonchev–Trinajstić information content (AvgIpc) is 2.85. The van der Waals surface area contributed by atoms with Crippen molar-refractivity contribution in [3.63, 3.8) is 0 Å². The van der Waals surface area contributed by atoms with Gasteiger partial charge in [0.2, 0.25) is 0 Å². The minimum Gasteiger partial charge on any atom is -0.425 e. The Morgan fingerprint density at radius 2 is 1.45 bits per heavy atom. The summed E-state index contributed by atoms with van der Waals surface area (Å²) in [5.74, 6) is 0.0959.